The number of hydrogen-bond donors (Lipinski definition) is 0. The van der Waals surface area contributed by atoms with Crippen molar-refractivity contribution in [2.45, 2.75) is 17.7 Å². The Hall–Kier alpha value is -2.53. The minimum absolute atomic E-state index is 0.132. The Labute approximate surface area is 151 Å². The van der Waals surface area contributed by atoms with Gasteiger partial charge in [0.15, 0.2) is 0 Å². The van der Waals surface area contributed by atoms with Crippen molar-refractivity contribution in [2.75, 3.05) is 11.4 Å². The zero-order chi connectivity index (χ0) is 17.2. The number of rotatable bonds is 4. The lowest BCUT2D eigenvalue weighted by molar-refractivity contribution is -0.119. The van der Waals surface area contributed by atoms with Crippen molar-refractivity contribution < 1.29 is 9.59 Å². The number of amides is 3. The molecule has 5 heteroatoms. The third kappa shape index (κ3) is 2.96. The molecule has 0 bridgehead atoms. The molecule has 2 unspecified atom stereocenters. The number of carbonyl (C=O) groups excluding carboxylic acids is 2. The Morgan fingerprint density at radius 2 is 1.60 bits per heavy atom. The first-order valence-electron chi connectivity index (χ1n) is 8.31. The molecule has 1 fully saturated rings. The Morgan fingerprint density at radius 3 is 2.32 bits per heavy atom. The van der Waals surface area contributed by atoms with Gasteiger partial charge in [-0.05, 0) is 29.5 Å². The number of urea groups is 1. The average Bonchev–Trinajstić information content (AvgIpc) is 3.13. The van der Waals surface area contributed by atoms with E-state index >= 15 is 0 Å². The molecule has 0 saturated carbocycles. The quantitative estimate of drug-likeness (QED) is 0.844. The Balaban J connectivity index is 1.61. The maximum Gasteiger partial charge on any atom is 0.331 e. The number of imide groups is 1. The molecule has 2 aliphatic heterocycles. The molecule has 0 spiro atoms. The molecule has 0 aliphatic carbocycles. The number of hydrogen-bond acceptors (Lipinski definition) is 3. The van der Waals surface area contributed by atoms with Gasteiger partial charge in [-0.15, -0.1) is 11.8 Å². The highest BCUT2D eigenvalue weighted by atomic mass is 32.2. The van der Waals surface area contributed by atoms with Gasteiger partial charge in [0, 0.05) is 6.54 Å². The summed E-state index contributed by atoms with van der Waals surface area (Å²) >= 11 is 1.49. The highest BCUT2D eigenvalue weighted by Gasteiger charge is 2.47. The summed E-state index contributed by atoms with van der Waals surface area (Å²) in [6.45, 7) is 0.589. The van der Waals surface area contributed by atoms with Crippen LogP contribution in [0.4, 0.5) is 10.5 Å². The van der Waals surface area contributed by atoms with Crippen molar-refractivity contribution in [3.05, 3.63) is 77.7 Å². The molecule has 0 aromatic heterocycles. The fourth-order valence-electron chi connectivity index (χ4n) is 3.29. The molecule has 4 nitrogen and oxygen atoms in total. The fraction of sp³-hybridized carbons (Fsp3) is 0.200. The summed E-state index contributed by atoms with van der Waals surface area (Å²) < 4.78 is 0. The molecule has 25 heavy (non-hydrogen) atoms. The van der Waals surface area contributed by atoms with E-state index in [1.54, 1.807) is 12.1 Å². The van der Waals surface area contributed by atoms with Crippen molar-refractivity contribution >= 4 is 29.4 Å². The molecule has 2 aromatic rings. The van der Waals surface area contributed by atoms with E-state index in [9.17, 15) is 9.59 Å². The average molecular weight is 350 g/mol. The van der Waals surface area contributed by atoms with Crippen molar-refractivity contribution in [3.63, 3.8) is 0 Å². The van der Waals surface area contributed by atoms with Crippen LogP contribution in [-0.2, 0) is 11.2 Å². The second-order valence-electron chi connectivity index (χ2n) is 6.10. The Kier molecular flexibility index (Phi) is 4.32. The minimum atomic E-state index is -0.256. The summed E-state index contributed by atoms with van der Waals surface area (Å²) in [6, 6.07) is 18.9. The van der Waals surface area contributed by atoms with E-state index in [0.717, 1.165) is 6.42 Å². The van der Waals surface area contributed by atoms with Gasteiger partial charge in [-0.2, -0.15) is 0 Å². The lowest BCUT2D eigenvalue weighted by Crippen LogP contribution is -2.62. The summed E-state index contributed by atoms with van der Waals surface area (Å²) in [5.74, 6) is -0.132. The van der Waals surface area contributed by atoms with Crippen LogP contribution in [0, 0.1) is 0 Å². The number of nitrogens with zero attached hydrogens (tertiary/aromatic N) is 2. The van der Waals surface area contributed by atoms with E-state index in [-0.39, 0.29) is 23.2 Å². The summed E-state index contributed by atoms with van der Waals surface area (Å²) in [4.78, 5) is 29.1. The van der Waals surface area contributed by atoms with Gasteiger partial charge in [-0.25, -0.2) is 9.69 Å². The zero-order valence-electron chi connectivity index (χ0n) is 13.6. The number of fused-ring (bicyclic) bond motifs is 1. The van der Waals surface area contributed by atoms with Gasteiger partial charge in [-0.3, -0.25) is 4.79 Å². The summed E-state index contributed by atoms with van der Waals surface area (Å²) in [6.07, 6.45) is 2.74. The van der Waals surface area contributed by atoms with Gasteiger partial charge >= 0.3 is 6.03 Å². The first-order chi connectivity index (χ1) is 12.3. The molecular formula is C20H18N2O2S. The zero-order valence-corrected chi connectivity index (χ0v) is 14.4. The van der Waals surface area contributed by atoms with E-state index in [0.29, 0.717) is 12.2 Å². The van der Waals surface area contributed by atoms with Crippen LogP contribution in [0.2, 0.25) is 0 Å². The van der Waals surface area contributed by atoms with Gasteiger partial charge in [0.1, 0.15) is 5.25 Å². The topological polar surface area (TPSA) is 40.6 Å². The van der Waals surface area contributed by atoms with Gasteiger partial charge in [0.25, 0.3) is 5.91 Å². The fourth-order valence-corrected chi connectivity index (χ4v) is 4.34. The lowest BCUT2D eigenvalue weighted by Gasteiger charge is -2.41. The smallest absolute Gasteiger partial charge is 0.316 e. The van der Waals surface area contributed by atoms with Crippen LogP contribution in [0.5, 0.6) is 0 Å². The lowest BCUT2D eigenvalue weighted by atomic mass is 10.1. The molecule has 0 radical (unpaired) electrons. The number of anilines is 1. The number of benzene rings is 2. The maximum atomic E-state index is 13.1. The molecule has 2 heterocycles. The molecule has 3 amide bonds. The molecule has 2 aliphatic rings. The van der Waals surface area contributed by atoms with E-state index < -0.39 is 0 Å². The number of thioether (sulfide) groups is 1. The minimum Gasteiger partial charge on any atom is -0.316 e. The van der Waals surface area contributed by atoms with Gasteiger partial charge in [0.2, 0.25) is 0 Å². The molecular weight excluding hydrogens is 332 g/mol. The van der Waals surface area contributed by atoms with Crippen LogP contribution in [-0.4, -0.2) is 34.7 Å². The first kappa shape index (κ1) is 16.0. The molecule has 2 atom stereocenters. The van der Waals surface area contributed by atoms with Crippen LogP contribution in [0.3, 0.4) is 0 Å². The summed E-state index contributed by atoms with van der Waals surface area (Å²) in [7, 11) is 0. The molecule has 0 N–H and O–H groups in total. The third-order valence-corrected chi connectivity index (χ3v) is 5.66. The van der Waals surface area contributed by atoms with Crippen molar-refractivity contribution in [2.24, 2.45) is 0 Å². The van der Waals surface area contributed by atoms with Crippen LogP contribution < -0.4 is 4.90 Å². The summed E-state index contributed by atoms with van der Waals surface area (Å²) in [5, 5.41) is 1.68. The molecule has 1 saturated heterocycles. The maximum absolute atomic E-state index is 13.1. The predicted molar refractivity (Wildman–Crippen MR) is 100 cm³/mol. The standard InChI is InChI=1S/C20H18N2O2S/c23-19-18-17(12-14-25-18)21(13-11-15-7-3-1-4-8-15)20(24)22(19)16-9-5-2-6-10-16/h1-10,12,14,17-18H,11,13H2. The Bertz CT molecular complexity index is 807. The van der Waals surface area contributed by atoms with Crippen LogP contribution >= 0.6 is 11.8 Å². The van der Waals surface area contributed by atoms with E-state index in [2.05, 4.69) is 12.1 Å². The van der Waals surface area contributed by atoms with E-state index in [4.69, 9.17) is 0 Å². The van der Waals surface area contributed by atoms with Gasteiger partial charge in [0.05, 0.1) is 11.7 Å². The monoisotopic (exact) mass is 350 g/mol. The van der Waals surface area contributed by atoms with Crippen LogP contribution in [0.1, 0.15) is 5.56 Å². The highest BCUT2D eigenvalue weighted by Crippen LogP contribution is 2.36. The van der Waals surface area contributed by atoms with Gasteiger partial charge in [-0.1, -0.05) is 54.6 Å². The normalized spacial score (nSPS) is 22.4. The largest absolute Gasteiger partial charge is 0.331 e. The van der Waals surface area contributed by atoms with Crippen LogP contribution in [0.25, 0.3) is 0 Å². The van der Waals surface area contributed by atoms with Gasteiger partial charge < -0.3 is 4.90 Å². The summed E-state index contributed by atoms with van der Waals surface area (Å²) in [5.41, 5.74) is 1.82. The number of para-hydroxylation sites is 1. The first-order valence-corrected chi connectivity index (χ1v) is 9.25. The Morgan fingerprint density at radius 1 is 0.920 bits per heavy atom. The number of carbonyl (C=O) groups is 2. The third-order valence-electron chi connectivity index (χ3n) is 4.57. The molecule has 4 rings (SSSR count). The van der Waals surface area contributed by atoms with Crippen LogP contribution in [0.15, 0.2) is 72.1 Å². The van der Waals surface area contributed by atoms with Crippen molar-refractivity contribution in [3.8, 4) is 0 Å². The SMILES string of the molecule is O=C1C2SC=CC2N(CCc2ccccc2)C(=O)N1c1ccccc1. The van der Waals surface area contributed by atoms with E-state index in [1.807, 2.05) is 52.8 Å². The highest BCUT2D eigenvalue weighted by molar-refractivity contribution is 8.03. The second kappa shape index (κ2) is 6.76. The molecule has 126 valence electrons. The van der Waals surface area contributed by atoms with E-state index in [1.165, 1.54) is 22.2 Å². The second-order valence-corrected chi connectivity index (χ2v) is 7.15. The van der Waals surface area contributed by atoms with Crippen molar-refractivity contribution in [1.29, 1.82) is 0 Å². The van der Waals surface area contributed by atoms with Crippen molar-refractivity contribution in [1.82, 2.24) is 4.90 Å². The predicted octanol–water partition coefficient (Wildman–Crippen LogP) is 3.70. The molecule has 2 aromatic carbocycles.